The molecular weight excluding hydrogens is 280 g/mol. The number of hydrogen-bond donors (Lipinski definition) is 1. The molecule has 1 saturated heterocycles. The zero-order valence-corrected chi connectivity index (χ0v) is 12.1. The number of hydrogen-bond acceptors (Lipinski definition) is 4. The minimum atomic E-state index is -0.00912. The number of amides is 1. The fourth-order valence-corrected chi connectivity index (χ4v) is 2.94. The molecule has 1 aromatic rings. The third-order valence-electron chi connectivity index (χ3n) is 3.79. The van der Waals surface area contributed by atoms with Crippen LogP contribution in [0, 0.1) is 0 Å². The molecule has 1 aromatic carbocycles. The van der Waals surface area contributed by atoms with Crippen molar-refractivity contribution in [3.63, 3.8) is 0 Å². The highest BCUT2D eigenvalue weighted by molar-refractivity contribution is 6.32. The Balaban J connectivity index is 1.82. The molecule has 1 unspecified atom stereocenters. The van der Waals surface area contributed by atoms with Crippen molar-refractivity contribution >= 4 is 17.5 Å². The van der Waals surface area contributed by atoms with Gasteiger partial charge in [0.1, 0.15) is 0 Å². The molecule has 0 aliphatic carbocycles. The first-order chi connectivity index (χ1) is 9.69. The van der Waals surface area contributed by atoms with E-state index >= 15 is 0 Å². The number of benzene rings is 1. The van der Waals surface area contributed by atoms with E-state index in [4.69, 9.17) is 21.1 Å². The Bertz CT molecular complexity index is 535. The molecule has 0 saturated carbocycles. The highest BCUT2D eigenvalue weighted by Gasteiger charge is 2.26. The molecule has 0 aromatic heterocycles. The van der Waals surface area contributed by atoms with Crippen LogP contribution in [0.4, 0.5) is 0 Å². The van der Waals surface area contributed by atoms with Crippen LogP contribution in [0.2, 0.25) is 5.02 Å². The number of halogens is 1. The molecule has 20 heavy (non-hydrogen) atoms. The van der Waals surface area contributed by atoms with E-state index in [1.165, 1.54) is 0 Å². The van der Waals surface area contributed by atoms with E-state index in [1.807, 2.05) is 11.9 Å². The number of piperidine rings is 1. The first kappa shape index (κ1) is 13.5. The summed E-state index contributed by atoms with van der Waals surface area (Å²) < 4.78 is 10.6. The maximum atomic E-state index is 12.6. The number of fused-ring (bicyclic) bond motifs is 1. The third kappa shape index (κ3) is 2.43. The number of likely N-dealkylation sites (N-methyl/N-ethyl adjacent to an activating group) is 1. The van der Waals surface area contributed by atoms with Crippen LogP contribution in [-0.4, -0.2) is 43.8 Å². The van der Waals surface area contributed by atoms with Gasteiger partial charge in [-0.2, -0.15) is 0 Å². The molecule has 0 radical (unpaired) electrons. The van der Waals surface area contributed by atoms with Crippen molar-refractivity contribution in [3.05, 3.63) is 22.7 Å². The second-order valence-electron chi connectivity index (χ2n) is 5.07. The van der Waals surface area contributed by atoms with Crippen LogP contribution < -0.4 is 14.8 Å². The maximum Gasteiger partial charge on any atom is 0.254 e. The summed E-state index contributed by atoms with van der Waals surface area (Å²) in [5.41, 5.74) is 0.552. The SMILES string of the molecule is CNC1CCCN(C(=O)c2cc(Cl)c3c(c2)OCO3)C1. The summed E-state index contributed by atoms with van der Waals surface area (Å²) >= 11 is 6.13. The number of rotatable bonds is 2. The molecule has 3 rings (SSSR count). The molecular formula is C14H17ClN2O3. The van der Waals surface area contributed by atoms with Crippen molar-refractivity contribution in [2.45, 2.75) is 18.9 Å². The predicted octanol–water partition coefficient (Wildman–Crippen LogP) is 1.89. The first-order valence-electron chi connectivity index (χ1n) is 6.74. The fraction of sp³-hybridized carbons (Fsp3) is 0.500. The quantitative estimate of drug-likeness (QED) is 0.905. The van der Waals surface area contributed by atoms with E-state index in [-0.39, 0.29) is 12.7 Å². The lowest BCUT2D eigenvalue weighted by Gasteiger charge is -2.32. The van der Waals surface area contributed by atoms with Gasteiger partial charge in [-0.3, -0.25) is 4.79 Å². The van der Waals surface area contributed by atoms with Crippen LogP contribution in [0.1, 0.15) is 23.2 Å². The van der Waals surface area contributed by atoms with Gasteiger partial charge in [-0.15, -0.1) is 0 Å². The fourth-order valence-electron chi connectivity index (χ4n) is 2.67. The molecule has 5 nitrogen and oxygen atoms in total. The van der Waals surface area contributed by atoms with Crippen LogP contribution in [0.25, 0.3) is 0 Å². The molecule has 1 amide bonds. The normalized spacial score (nSPS) is 21.1. The summed E-state index contributed by atoms with van der Waals surface area (Å²) in [5, 5.41) is 3.65. The Morgan fingerprint density at radius 1 is 1.45 bits per heavy atom. The van der Waals surface area contributed by atoms with Crippen LogP contribution in [0.5, 0.6) is 11.5 Å². The van der Waals surface area contributed by atoms with Crippen molar-refractivity contribution in [3.8, 4) is 11.5 Å². The van der Waals surface area contributed by atoms with E-state index in [9.17, 15) is 4.79 Å². The van der Waals surface area contributed by atoms with E-state index in [0.717, 1.165) is 25.9 Å². The van der Waals surface area contributed by atoms with E-state index in [1.54, 1.807) is 12.1 Å². The van der Waals surface area contributed by atoms with E-state index < -0.39 is 0 Å². The molecule has 0 bridgehead atoms. The summed E-state index contributed by atoms with van der Waals surface area (Å²) in [6.07, 6.45) is 2.11. The molecule has 1 fully saturated rings. The second kappa shape index (κ2) is 5.50. The Labute approximate surface area is 122 Å². The molecule has 1 atom stereocenters. The number of carbonyl (C=O) groups is 1. The topological polar surface area (TPSA) is 50.8 Å². The molecule has 2 aliphatic heterocycles. The number of ether oxygens (including phenoxy) is 2. The van der Waals surface area contributed by atoms with Crippen molar-refractivity contribution in [1.82, 2.24) is 10.2 Å². The summed E-state index contributed by atoms with van der Waals surface area (Å²) in [6, 6.07) is 3.72. The van der Waals surface area contributed by atoms with Gasteiger partial charge >= 0.3 is 0 Å². The number of carbonyl (C=O) groups excluding carboxylic acids is 1. The van der Waals surface area contributed by atoms with Gasteiger partial charge in [0.15, 0.2) is 11.5 Å². The monoisotopic (exact) mass is 296 g/mol. The minimum Gasteiger partial charge on any atom is -0.454 e. The predicted molar refractivity (Wildman–Crippen MR) is 75.6 cm³/mol. The van der Waals surface area contributed by atoms with Crippen molar-refractivity contribution < 1.29 is 14.3 Å². The summed E-state index contributed by atoms with van der Waals surface area (Å²) in [6.45, 7) is 1.66. The molecule has 108 valence electrons. The number of nitrogens with zero attached hydrogens (tertiary/aromatic N) is 1. The average Bonchev–Trinajstić information content (AvgIpc) is 2.95. The molecule has 2 aliphatic rings. The maximum absolute atomic E-state index is 12.6. The zero-order valence-electron chi connectivity index (χ0n) is 11.3. The lowest BCUT2D eigenvalue weighted by molar-refractivity contribution is 0.0698. The van der Waals surface area contributed by atoms with Gasteiger partial charge in [0.25, 0.3) is 5.91 Å². The van der Waals surface area contributed by atoms with Gasteiger partial charge in [0.2, 0.25) is 6.79 Å². The Kier molecular flexibility index (Phi) is 3.72. The highest BCUT2D eigenvalue weighted by Crippen LogP contribution is 2.40. The molecule has 0 spiro atoms. The highest BCUT2D eigenvalue weighted by atomic mass is 35.5. The van der Waals surface area contributed by atoms with Crippen molar-refractivity contribution in [2.75, 3.05) is 26.9 Å². The van der Waals surface area contributed by atoms with Crippen LogP contribution in [0.15, 0.2) is 12.1 Å². The van der Waals surface area contributed by atoms with Crippen LogP contribution >= 0.6 is 11.6 Å². The van der Waals surface area contributed by atoms with Gasteiger partial charge in [-0.05, 0) is 32.0 Å². The largest absolute Gasteiger partial charge is 0.454 e. The lowest BCUT2D eigenvalue weighted by atomic mass is 10.0. The Hall–Kier alpha value is -1.46. The van der Waals surface area contributed by atoms with Crippen molar-refractivity contribution in [2.24, 2.45) is 0 Å². The average molecular weight is 297 g/mol. The van der Waals surface area contributed by atoms with Crippen molar-refractivity contribution in [1.29, 1.82) is 0 Å². The zero-order chi connectivity index (χ0) is 14.1. The van der Waals surface area contributed by atoms with Gasteiger partial charge in [-0.25, -0.2) is 0 Å². The van der Waals surface area contributed by atoms with E-state index in [2.05, 4.69) is 5.32 Å². The van der Waals surface area contributed by atoms with E-state index in [0.29, 0.717) is 28.1 Å². The van der Waals surface area contributed by atoms with Gasteiger partial charge < -0.3 is 19.7 Å². The van der Waals surface area contributed by atoms with Crippen LogP contribution in [0.3, 0.4) is 0 Å². The smallest absolute Gasteiger partial charge is 0.254 e. The number of nitrogens with one attached hydrogen (secondary N) is 1. The summed E-state index contributed by atoms with van der Waals surface area (Å²) in [7, 11) is 1.93. The second-order valence-corrected chi connectivity index (χ2v) is 5.48. The summed E-state index contributed by atoms with van der Waals surface area (Å²) in [5.74, 6) is 1.06. The Morgan fingerprint density at radius 3 is 3.10 bits per heavy atom. The van der Waals surface area contributed by atoms with Gasteiger partial charge in [0, 0.05) is 24.7 Å². The van der Waals surface area contributed by atoms with Gasteiger partial charge in [0.05, 0.1) is 5.02 Å². The lowest BCUT2D eigenvalue weighted by Crippen LogP contribution is -2.46. The van der Waals surface area contributed by atoms with Gasteiger partial charge in [-0.1, -0.05) is 11.6 Å². The molecule has 1 N–H and O–H groups in total. The minimum absolute atomic E-state index is 0.00912. The molecule has 2 heterocycles. The third-order valence-corrected chi connectivity index (χ3v) is 4.07. The number of likely N-dealkylation sites (tertiary alicyclic amines) is 1. The first-order valence-corrected chi connectivity index (χ1v) is 7.12. The standard InChI is InChI=1S/C14H17ClN2O3/c1-16-10-3-2-4-17(7-10)14(18)9-5-11(15)13-12(6-9)19-8-20-13/h5-6,10,16H,2-4,7-8H2,1H3. The van der Waals surface area contributed by atoms with Crippen LogP contribution in [-0.2, 0) is 0 Å². The summed E-state index contributed by atoms with van der Waals surface area (Å²) in [4.78, 5) is 14.4. The Morgan fingerprint density at radius 2 is 2.30 bits per heavy atom. The molecule has 6 heteroatoms.